The number of carbonyl (C=O) groups excluding carboxylic acids is 1. The first-order valence-electron chi connectivity index (χ1n) is 6.24. The highest BCUT2D eigenvalue weighted by Crippen LogP contribution is 2.24. The van der Waals surface area contributed by atoms with Gasteiger partial charge in [0.2, 0.25) is 5.13 Å². The predicted molar refractivity (Wildman–Crippen MR) is 79.2 cm³/mol. The molecule has 1 aromatic heterocycles. The molecule has 5 nitrogen and oxygen atoms in total. The molecule has 0 fully saturated rings. The van der Waals surface area contributed by atoms with Gasteiger partial charge in [-0.25, -0.2) is 0 Å². The van der Waals surface area contributed by atoms with Crippen molar-refractivity contribution in [2.24, 2.45) is 0 Å². The Labute approximate surface area is 122 Å². The first-order chi connectivity index (χ1) is 9.45. The van der Waals surface area contributed by atoms with Gasteiger partial charge in [0.25, 0.3) is 5.91 Å². The van der Waals surface area contributed by atoms with Gasteiger partial charge in [-0.1, -0.05) is 44.2 Å². The molecule has 0 radical (unpaired) electrons. The van der Waals surface area contributed by atoms with E-state index in [9.17, 15) is 4.79 Å². The van der Waals surface area contributed by atoms with Gasteiger partial charge in [0.05, 0.1) is 0 Å². The maximum absolute atomic E-state index is 11.6. The summed E-state index contributed by atoms with van der Waals surface area (Å²) in [5.74, 6) is 0.423. The number of anilines is 1. The van der Waals surface area contributed by atoms with Crippen molar-refractivity contribution in [3.05, 3.63) is 35.3 Å². The van der Waals surface area contributed by atoms with Crippen LogP contribution < -0.4 is 10.1 Å². The van der Waals surface area contributed by atoms with Crippen LogP contribution in [0.4, 0.5) is 5.13 Å². The minimum absolute atomic E-state index is 0.0472. The zero-order chi connectivity index (χ0) is 14.6. The number of amides is 1. The van der Waals surface area contributed by atoms with Crippen LogP contribution in [-0.4, -0.2) is 22.7 Å². The predicted octanol–water partition coefficient (Wildman–Crippen LogP) is 2.85. The van der Waals surface area contributed by atoms with Gasteiger partial charge in [-0.3, -0.25) is 10.1 Å². The summed E-state index contributed by atoms with van der Waals surface area (Å²) in [6.07, 6.45) is 0. The summed E-state index contributed by atoms with van der Waals surface area (Å²) < 4.78 is 5.43. The van der Waals surface area contributed by atoms with Crippen LogP contribution in [0.1, 0.15) is 26.3 Å². The zero-order valence-corrected chi connectivity index (χ0v) is 12.5. The average molecular weight is 291 g/mol. The number of nitrogens with zero attached hydrogens (tertiary/aromatic N) is 2. The molecule has 0 aliphatic rings. The normalized spacial score (nSPS) is 11.2. The number of rotatable bonds is 4. The van der Waals surface area contributed by atoms with E-state index < -0.39 is 0 Å². The number of nitrogens with one attached hydrogen (secondary N) is 1. The fourth-order valence-corrected chi connectivity index (χ4v) is 2.04. The lowest BCUT2D eigenvalue weighted by atomic mass is 9.87. The van der Waals surface area contributed by atoms with Crippen LogP contribution in [0.3, 0.4) is 0 Å². The van der Waals surface area contributed by atoms with Gasteiger partial charge in [-0.05, 0) is 23.1 Å². The molecule has 1 aromatic carbocycles. The number of aromatic nitrogens is 2. The van der Waals surface area contributed by atoms with Crippen LogP contribution in [0.15, 0.2) is 29.8 Å². The number of hydrogen-bond acceptors (Lipinski definition) is 5. The maximum Gasteiger partial charge on any atom is 0.264 e. The molecule has 0 aliphatic heterocycles. The summed E-state index contributed by atoms with van der Waals surface area (Å²) in [7, 11) is 0. The Morgan fingerprint density at radius 1 is 1.30 bits per heavy atom. The number of benzene rings is 1. The molecule has 6 heteroatoms. The highest BCUT2D eigenvalue weighted by Gasteiger charge is 2.13. The Morgan fingerprint density at radius 3 is 2.55 bits per heavy atom. The third kappa shape index (κ3) is 4.03. The molecule has 0 aliphatic carbocycles. The molecule has 20 heavy (non-hydrogen) atoms. The summed E-state index contributed by atoms with van der Waals surface area (Å²) in [5, 5.41) is 10.5. The van der Waals surface area contributed by atoms with Crippen LogP contribution in [0, 0.1) is 0 Å². The first kappa shape index (κ1) is 14.5. The third-order valence-corrected chi connectivity index (χ3v) is 3.30. The summed E-state index contributed by atoms with van der Waals surface area (Å²) in [6.45, 7) is 6.41. The summed E-state index contributed by atoms with van der Waals surface area (Å²) in [5.41, 5.74) is 2.89. The maximum atomic E-state index is 11.6. The summed E-state index contributed by atoms with van der Waals surface area (Å²) in [6, 6.07) is 7.77. The second-order valence-corrected chi connectivity index (χ2v) is 6.19. The summed E-state index contributed by atoms with van der Waals surface area (Å²) in [4.78, 5) is 11.6. The minimum Gasteiger partial charge on any atom is -0.484 e. The molecule has 0 spiro atoms. The molecule has 106 valence electrons. The zero-order valence-electron chi connectivity index (χ0n) is 11.7. The molecule has 2 rings (SSSR count). The van der Waals surface area contributed by atoms with E-state index >= 15 is 0 Å². The largest absolute Gasteiger partial charge is 0.484 e. The van der Waals surface area contributed by atoms with Crippen molar-refractivity contribution in [1.82, 2.24) is 10.2 Å². The van der Waals surface area contributed by atoms with Crippen molar-refractivity contribution in [3.63, 3.8) is 0 Å². The van der Waals surface area contributed by atoms with Crippen LogP contribution in [0.5, 0.6) is 5.75 Å². The van der Waals surface area contributed by atoms with E-state index in [1.165, 1.54) is 16.9 Å². The van der Waals surface area contributed by atoms with Gasteiger partial charge in [-0.2, -0.15) is 0 Å². The van der Waals surface area contributed by atoms with E-state index in [4.69, 9.17) is 4.74 Å². The van der Waals surface area contributed by atoms with E-state index in [2.05, 4.69) is 36.3 Å². The Hall–Kier alpha value is -1.95. The minimum atomic E-state index is -0.248. The topological polar surface area (TPSA) is 64.1 Å². The lowest BCUT2D eigenvalue weighted by Crippen LogP contribution is -2.20. The van der Waals surface area contributed by atoms with Crippen LogP contribution in [-0.2, 0) is 10.2 Å². The lowest BCUT2D eigenvalue weighted by molar-refractivity contribution is -0.118. The third-order valence-electron chi connectivity index (χ3n) is 2.70. The van der Waals surface area contributed by atoms with Gasteiger partial charge >= 0.3 is 0 Å². The number of carbonyl (C=O) groups is 1. The second-order valence-electron chi connectivity index (χ2n) is 5.36. The quantitative estimate of drug-likeness (QED) is 0.940. The van der Waals surface area contributed by atoms with Crippen molar-refractivity contribution in [2.75, 3.05) is 11.9 Å². The molecule has 0 bridgehead atoms. The van der Waals surface area contributed by atoms with Crippen molar-refractivity contribution < 1.29 is 9.53 Å². The monoisotopic (exact) mass is 291 g/mol. The Kier molecular flexibility index (Phi) is 4.34. The second kappa shape index (κ2) is 6.00. The van der Waals surface area contributed by atoms with E-state index in [0.717, 1.165) is 0 Å². The number of ether oxygens (including phenoxy) is 1. The highest BCUT2D eigenvalue weighted by molar-refractivity contribution is 7.13. The van der Waals surface area contributed by atoms with Crippen molar-refractivity contribution in [1.29, 1.82) is 0 Å². The molecule has 0 saturated heterocycles. The average Bonchev–Trinajstić information content (AvgIpc) is 2.88. The smallest absolute Gasteiger partial charge is 0.264 e. The number of hydrogen-bond donors (Lipinski definition) is 1. The van der Waals surface area contributed by atoms with Crippen LogP contribution in [0.25, 0.3) is 0 Å². The van der Waals surface area contributed by atoms with Gasteiger partial charge in [-0.15, -0.1) is 10.2 Å². The SMILES string of the molecule is CC(C)(C)c1ccc(OCC(=O)Nc2nncs2)cc1. The van der Waals surface area contributed by atoms with Crippen LogP contribution >= 0.6 is 11.3 Å². The van der Waals surface area contributed by atoms with E-state index in [1.807, 2.05) is 24.3 Å². The standard InChI is InChI=1S/C14H17N3O2S/c1-14(2,3)10-4-6-11(7-5-10)19-8-12(18)16-13-17-15-9-20-13/h4-7,9H,8H2,1-3H3,(H,16,17,18). The molecule has 1 N–H and O–H groups in total. The van der Waals surface area contributed by atoms with Gasteiger partial charge in [0.1, 0.15) is 11.3 Å². The molecule has 0 atom stereocenters. The van der Waals surface area contributed by atoms with Crippen molar-refractivity contribution in [3.8, 4) is 5.75 Å². The molecule has 2 aromatic rings. The van der Waals surface area contributed by atoms with Gasteiger partial charge in [0, 0.05) is 0 Å². The molecule has 1 heterocycles. The lowest BCUT2D eigenvalue weighted by Gasteiger charge is -2.19. The Morgan fingerprint density at radius 2 is 2.00 bits per heavy atom. The molecule has 1 amide bonds. The van der Waals surface area contributed by atoms with Crippen LogP contribution in [0.2, 0.25) is 0 Å². The van der Waals surface area contributed by atoms with Gasteiger partial charge < -0.3 is 4.74 Å². The fraction of sp³-hybridized carbons (Fsp3) is 0.357. The fourth-order valence-electron chi connectivity index (χ4n) is 1.58. The summed E-state index contributed by atoms with van der Waals surface area (Å²) >= 11 is 1.27. The Balaban J connectivity index is 1.86. The van der Waals surface area contributed by atoms with E-state index in [0.29, 0.717) is 10.9 Å². The molecular weight excluding hydrogens is 274 g/mol. The van der Waals surface area contributed by atoms with E-state index in [1.54, 1.807) is 5.51 Å². The molecular formula is C14H17N3O2S. The van der Waals surface area contributed by atoms with Gasteiger partial charge in [0.15, 0.2) is 6.61 Å². The Bertz CT molecular complexity index is 559. The first-order valence-corrected chi connectivity index (χ1v) is 7.12. The van der Waals surface area contributed by atoms with Crippen molar-refractivity contribution in [2.45, 2.75) is 26.2 Å². The van der Waals surface area contributed by atoms with E-state index in [-0.39, 0.29) is 17.9 Å². The molecule has 0 unspecified atom stereocenters. The van der Waals surface area contributed by atoms with Crippen molar-refractivity contribution >= 4 is 22.4 Å². The highest BCUT2D eigenvalue weighted by atomic mass is 32.1. The molecule has 0 saturated carbocycles.